The Kier molecular flexibility index (Phi) is 4.91. The van der Waals surface area contributed by atoms with E-state index in [1.165, 1.54) is 0 Å². The molecular weight excluding hydrogens is 281 g/mol. The van der Waals surface area contributed by atoms with Crippen LogP contribution in [0.5, 0.6) is 0 Å². The van der Waals surface area contributed by atoms with Crippen molar-refractivity contribution in [3.63, 3.8) is 0 Å². The molecular formula is C15H19Cl2NO. The van der Waals surface area contributed by atoms with Crippen molar-refractivity contribution in [3.05, 3.63) is 47.5 Å². The Labute approximate surface area is 128 Å². The van der Waals surface area contributed by atoms with Crippen molar-refractivity contribution in [2.75, 3.05) is 6.54 Å². The molecule has 2 nitrogen and oxygen atoms in total. The Bertz CT molecular complexity index is 536. The predicted molar refractivity (Wildman–Crippen MR) is 82.1 cm³/mol. The highest BCUT2D eigenvalue weighted by atomic mass is 35.5. The predicted octanol–water partition coefficient (Wildman–Crippen LogP) is 3.88. The molecule has 2 rings (SSSR count). The van der Waals surface area contributed by atoms with Gasteiger partial charge in [-0.1, -0.05) is 42.3 Å². The van der Waals surface area contributed by atoms with Crippen molar-refractivity contribution < 1.29 is 7.54 Å². The summed E-state index contributed by atoms with van der Waals surface area (Å²) >= 11 is 6.24. The first-order chi connectivity index (χ1) is 9.44. The highest BCUT2D eigenvalue weighted by Crippen LogP contribution is 2.37. The molecule has 19 heavy (non-hydrogen) atoms. The fraction of sp³-hybridized carbons (Fsp3) is 0.400. The molecule has 1 N–H and O–H groups in total. The van der Waals surface area contributed by atoms with Gasteiger partial charge in [0.1, 0.15) is 5.54 Å². The molecule has 1 saturated carbocycles. The molecule has 1 aromatic carbocycles. The summed E-state index contributed by atoms with van der Waals surface area (Å²) in [5.74, 6) is -0.439. The molecule has 1 aliphatic rings. The van der Waals surface area contributed by atoms with Crippen molar-refractivity contribution in [2.45, 2.75) is 31.2 Å². The van der Waals surface area contributed by atoms with E-state index in [0.29, 0.717) is 30.0 Å². The molecule has 0 aliphatic heterocycles. The van der Waals surface area contributed by atoms with Gasteiger partial charge in [0, 0.05) is 20.7 Å². The van der Waals surface area contributed by atoms with E-state index in [0.717, 1.165) is 0 Å². The SMILES string of the molecule is Cl.[2H]C1([2H])CCC[C@](NCC=C)(c2ccccc2Cl)C1=O. The Hall–Kier alpha value is -0.830. The second kappa shape index (κ2) is 7.09. The quantitative estimate of drug-likeness (QED) is 0.855. The number of hydrogen-bond donors (Lipinski definition) is 1. The molecule has 1 atom stereocenters. The smallest absolute Gasteiger partial charge is 0.157 e. The molecule has 1 aromatic rings. The van der Waals surface area contributed by atoms with Crippen molar-refractivity contribution in [2.24, 2.45) is 0 Å². The summed E-state index contributed by atoms with van der Waals surface area (Å²) in [6.07, 6.45) is 1.27. The maximum Gasteiger partial charge on any atom is 0.157 e. The third-order valence-electron chi connectivity index (χ3n) is 3.28. The van der Waals surface area contributed by atoms with E-state index < -0.39 is 17.7 Å². The van der Waals surface area contributed by atoms with Gasteiger partial charge in [-0.05, 0) is 24.5 Å². The first kappa shape index (κ1) is 13.2. The fourth-order valence-electron chi connectivity index (χ4n) is 2.39. The highest BCUT2D eigenvalue weighted by molar-refractivity contribution is 6.31. The van der Waals surface area contributed by atoms with E-state index in [-0.39, 0.29) is 18.8 Å². The molecule has 0 heterocycles. The minimum Gasteiger partial charge on any atom is -0.298 e. The molecule has 0 radical (unpaired) electrons. The van der Waals surface area contributed by atoms with Crippen molar-refractivity contribution >= 4 is 29.8 Å². The van der Waals surface area contributed by atoms with E-state index in [1.54, 1.807) is 24.3 Å². The molecule has 0 aromatic heterocycles. The number of rotatable bonds is 4. The zero-order chi connectivity index (χ0) is 14.8. The lowest BCUT2D eigenvalue weighted by Crippen LogP contribution is -2.51. The second-order valence-electron chi connectivity index (χ2n) is 4.41. The highest BCUT2D eigenvalue weighted by Gasteiger charge is 2.41. The lowest BCUT2D eigenvalue weighted by Gasteiger charge is -2.37. The monoisotopic (exact) mass is 301 g/mol. The Balaban J connectivity index is 0.00000220. The number of Topliss-reactive ketones (excluding diaryl/α,β-unsaturated/α-hetero) is 1. The van der Waals surface area contributed by atoms with Crippen LogP contribution in [0.15, 0.2) is 36.9 Å². The minimum absolute atomic E-state index is 0. The van der Waals surface area contributed by atoms with Gasteiger partial charge in [-0.15, -0.1) is 19.0 Å². The van der Waals surface area contributed by atoms with Gasteiger partial charge in [-0.2, -0.15) is 0 Å². The van der Waals surface area contributed by atoms with E-state index in [9.17, 15) is 4.79 Å². The molecule has 0 unspecified atom stereocenters. The summed E-state index contributed by atoms with van der Waals surface area (Å²) in [4.78, 5) is 12.7. The fourth-order valence-corrected chi connectivity index (χ4v) is 2.69. The van der Waals surface area contributed by atoms with Crippen LogP contribution in [0.25, 0.3) is 0 Å². The van der Waals surface area contributed by atoms with Gasteiger partial charge in [-0.25, -0.2) is 0 Å². The zero-order valence-electron chi connectivity index (χ0n) is 12.6. The van der Waals surface area contributed by atoms with Gasteiger partial charge in [-0.3, -0.25) is 10.1 Å². The average Bonchev–Trinajstić information content (AvgIpc) is 2.41. The van der Waals surface area contributed by atoms with Crippen LogP contribution in [0.2, 0.25) is 5.02 Å². The molecule has 1 aliphatic carbocycles. The number of benzene rings is 1. The maximum absolute atomic E-state index is 12.7. The average molecular weight is 302 g/mol. The number of carbonyl (C=O) groups excluding carboxylic acids is 1. The minimum atomic E-state index is -1.83. The molecule has 4 heteroatoms. The largest absolute Gasteiger partial charge is 0.298 e. The van der Waals surface area contributed by atoms with Crippen LogP contribution in [-0.4, -0.2) is 12.3 Å². The normalized spacial score (nSPS) is 26.9. The van der Waals surface area contributed by atoms with Crippen LogP contribution in [-0.2, 0) is 10.3 Å². The number of halogens is 2. The summed E-state index contributed by atoms with van der Waals surface area (Å²) in [5, 5.41) is 3.64. The standard InChI is InChI=1S/C15H18ClNO.ClH/c1-2-11-17-15(10-6-5-9-14(15)18)12-7-3-4-8-13(12)16;/h2-4,7-8,17H,1,5-6,9-11H2;1H/t15-;/m0./s1/i9D2;. The van der Waals surface area contributed by atoms with Crippen LogP contribution >= 0.6 is 24.0 Å². The van der Waals surface area contributed by atoms with Gasteiger partial charge < -0.3 is 0 Å². The van der Waals surface area contributed by atoms with Crippen molar-refractivity contribution in [3.8, 4) is 0 Å². The van der Waals surface area contributed by atoms with E-state index >= 15 is 0 Å². The number of carbonyl (C=O) groups is 1. The van der Waals surface area contributed by atoms with E-state index in [1.807, 2.05) is 6.07 Å². The lowest BCUT2D eigenvalue weighted by molar-refractivity contribution is -0.127. The lowest BCUT2D eigenvalue weighted by atomic mass is 9.75. The molecule has 0 amide bonds. The van der Waals surface area contributed by atoms with Crippen LogP contribution in [0, 0.1) is 0 Å². The summed E-state index contributed by atoms with van der Waals surface area (Å²) in [6.45, 7) is 4.08. The van der Waals surface area contributed by atoms with Crippen LogP contribution < -0.4 is 5.32 Å². The van der Waals surface area contributed by atoms with E-state index in [2.05, 4.69) is 11.9 Å². The van der Waals surface area contributed by atoms with Crippen molar-refractivity contribution in [1.29, 1.82) is 0 Å². The van der Waals surface area contributed by atoms with E-state index in [4.69, 9.17) is 14.3 Å². The Morgan fingerprint density at radius 3 is 2.89 bits per heavy atom. The Morgan fingerprint density at radius 2 is 2.21 bits per heavy atom. The van der Waals surface area contributed by atoms with Crippen LogP contribution in [0.1, 0.15) is 33.9 Å². The molecule has 0 saturated heterocycles. The van der Waals surface area contributed by atoms with Gasteiger partial charge in [0.2, 0.25) is 0 Å². The molecule has 0 spiro atoms. The third-order valence-corrected chi connectivity index (χ3v) is 3.61. The van der Waals surface area contributed by atoms with Crippen LogP contribution in [0.3, 0.4) is 0 Å². The van der Waals surface area contributed by atoms with Crippen molar-refractivity contribution in [1.82, 2.24) is 5.32 Å². The first-order valence-corrected chi connectivity index (χ1v) is 6.48. The van der Waals surface area contributed by atoms with Crippen LogP contribution in [0.4, 0.5) is 0 Å². The summed E-state index contributed by atoms with van der Waals surface area (Å²) in [5.41, 5.74) is -0.411. The van der Waals surface area contributed by atoms with Gasteiger partial charge in [0.05, 0.1) is 0 Å². The summed E-state index contributed by atoms with van der Waals surface area (Å²) in [6, 6.07) is 7.13. The number of hydrogen-bond acceptors (Lipinski definition) is 2. The maximum atomic E-state index is 12.7. The Morgan fingerprint density at radius 1 is 1.47 bits per heavy atom. The third kappa shape index (κ3) is 3.19. The first-order valence-electron chi connectivity index (χ1n) is 7.10. The molecule has 1 fully saturated rings. The topological polar surface area (TPSA) is 29.1 Å². The molecule has 104 valence electrons. The van der Waals surface area contributed by atoms with Gasteiger partial charge in [0.15, 0.2) is 5.78 Å². The van der Waals surface area contributed by atoms with Gasteiger partial charge in [0.25, 0.3) is 0 Å². The summed E-state index contributed by atoms with van der Waals surface area (Å²) in [7, 11) is 0. The number of nitrogens with one attached hydrogen (secondary N) is 1. The second-order valence-corrected chi connectivity index (χ2v) is 4.82. The molecule has 0 bridgehead atoms. The number of ketones is 1. The zero-order valence-corrected chi connectivity index (χ0v) is 12.2. The van der Waals surface area contributed by atoms with Gasteiger partial charge >= 0.3 is 0 Å². The summed E-state index contributed by atoms with van der Waals surface area (Å²) < 4.78 is 15.9.